The fraction of sp³-hybridized carbons (Fsp3) is 0.800. The van der Waals surface area contributed by atoms with Crippen LogP contribution in [-0.2, 0) is 14.4 Å². The number of Topliss-reactive ketones (excluding diaryl/α,β-unsaturated/α-hetero) is 2. The van der Waals surface area contributed by atoms with Gasteiger partial charge in [0, 0.05) is 31.3 Å². The van der Waals surface area contributed by atoms with Crippen molar-refractivity contribution in [1.82, 2.24) is 16.0 Å². The maximum absolute atomic E-state index is 12.0. The van der Waals surface area contributed by atoms with E-state index in [4.69, 9.17) is 0 Å². The van der Waals surface area contributed by atoms with Crippen molar-refractivity contribution in [2.24, 2.45) is 0 Å². The van der Waals surface area contributed by atoms with Gasteiger partial charge in [-0.05, 0) is 47.3 Å². The molecule has 0 fully saturated rings. The Bertz CT molecular complexity index is 345. The Hall–Kier alpha value is -1.27. The molecule has 0 aliphatic carbocycles. The molecule has 0 saturated carbocycles. The number of hydrogen-bond donors (Lipinski definition) is 3. The minimum absolute atomic E-state index is 0.0523. The van der Waals surface area contributed by atoms with Gasteiger partial charge in [-0.1, -0.05) is 0 Å². The van der Waals surface area contributed by atoms with E-state index in [2.05, 4.69) is 16.0 Å². The van der Waals surface area contributed by atoms with Gasteiger partial charge in [0.2, 0.25) is 5.91 Å². The Labute approximate surface area is 127 Å². The lowest BCUT2D eigenvalue weighted by Gasteiger charge is -2.20. The summed E-state index contributed by atoms with van der Waals surface area (Å²) in [7, 11) is 3.61. The highest BCUT2D eigenvalue weighted by Crippen LogP contribution is 2.05. The molecule has 21 heavy (non-hydrogen) atoms. The van der Waals surface area contributed by atoms with Gasteiger partial charge in [0.25, 0.3) is 0 Å². The molecule has 0 bridgehead atoms. The molecule has 0 radical (unpaired) electrons. The SMILES string of the molecule is CNCCCC(CC(C)=O)NC(=O)CC(CC(C)=O)NC. The number of amides is 1. The Morgan fingerprint density at radius 1 is 0.905 bits per heavy atom. The largest absolute Gasteiger partial charge is 0.353 e. The zero-order chi connectivity index (χ0) is 16.3. The van der Waals surface area contributed by atoms with Crippen molar-refractivity contribution in [3.8, 4) is 0 Å². The molecule has 0 aromatic carbocycles. The van der Waals surface area contributed by atoms with Crippen LogP contribution in [0.4, 0.5) is 0 Å². The average molecular weight is 299 g/mol. The van der Waals surface area contributed by atoms with E-state index < -0.39 is 0 Å². The van der Waals surface area contributed by atoms with Gasteiger partial charge in [0.1, 0.15) is 11.6 Å². The van der Waals surface area contributed by atoms with E-state index in [9.17, 15) is 14.4 Å². The van der Waals surface area contributed by atoms with Gasteiger partial charge in [-0.25, -0.2) is 0 Å². The molecule has 2 unspecified atom stereocenters. The molecule has 6 nitrogen and oxygen atoms in total. The summed E-state index contributed by atoms with van der Waals surface area (Å²) >= 11 is 0. The first-order valence-corrected chi connectivity index (χ1v) is 7.49. The maximum atomic E-state index is 12.0. The zero-order valence-electron chi connectivity index (χ0n) is 13.6. The number of carbonyl (C=O) groups excluding carboxylic acids is 3. The number of nitrogens with one attached hydrogen (secondary N) is 3. The second kappa shape index (κ2) is 11.4. The van der Waals surface area contributed by atoms with Crippen molar-refractivity contribution < 1.29 is 14.4 Å². The van der Waals surface area contributed by atoms with Crippen molar-refractivity contribution >= 4 is 17.5 Å². The highest BCUT2D eigenvalue weighted by Gasteiger charge is 2.18. The number of carbonyl (C=O) groups is 3. The summed E-state index contributed by atoms with van der Waals surface area (Å²) in [6, 6.07) is -0.282. The summed E-state index contributed by atoms with van der Waals surface area (Å²) in [5.41, 5.74) is 0. The van der Waals surface area contributed by atoms with Gasteiger partial charge >= 0.3 is 0 Å². The lowest BCUT2D eigenvalue weighted by molar-refractivity contribution is -0.123. The van der Waals surface area contributed by atoms with E-state index in [1.807, 2.05) is 7.05 Å². The predicted octanol–water partition coefficient (Wildman–Crippen LogP) is 0.407. The summed E-state index contributed by atoms with van der Waals surface area (Å²) in [5.74, 6) is 0.00132. The van der Waals surface area contributed by atoms with Crippen molar-refractivity contribution in [3.63, 3.8) is 0 Å². The molecule has 122 valence electrons. The minimum Gasteiger partial charge on any atom is -0.353 e. The summed E-state index contributed by atoms with van der Waals surface area (Å²) in [6.07, 6.45) is 2.60. The molecular weight excluding hydrogens is 270 g/mol. The second-order valence-corrected chi connectivity index (χ2v) is 5.51. The molecule has 0 saturated heterocycles. The first-order chi connectivity index (χ1) is 9.88. The van der Waals surface area contributed by atoms with Crippen LogP contribution in [0.5, 0.6) is 0 Å². The minimum atomic E-state index is -0.155. The number of hydrogen-bond acceptors (Lipinski definition) is 5. The zero-order valence-corrected chi connectivity index (χ0v) is 13.6. The van der Waals surface area contributed by atoms with E-state index in [0.717, 1.165) is 19.4 Å². The van der Waals surface area contributed by atoms with Crippen LogP contribution in [-0.4, -0.2) is 50.2 Å². The van der Waals surface area contributed by atoms with Crippen LogP contribution in [0, 0.1) is 0 Å². The number of rotatable bonds is 12. The van der Waals surface area contributed by atoms with Crippen molar-refractivity contribution in [2.75, 3.05) is 20.6 Å². The van der Waals surface area contributed by atoms with E-state index >= 15 is 0 Å². The highest BCUT2D eigenvalue weighted by molar-refractivity contribution is 5.81. The third kappa shape index (κ3) is 11.1. The summed E-state index contributed by atoms with van der Waals surface area (Å²) < 4.78 is 0. The Kier molecular flexibility index (Phi) is 10.7. The molecule has 0 aliphatic heterocycles. The van der Waals surface area contributed by atoms with Gasteiger partial charge in [-0.3, -0.25) is 14.4 Å². The molecular formula is C15H29N3O3. The molecule has 0 aromatic rings. The van der Waals surface area contributed by atoms with Crippen LogP contribution in [0.25, 0.3) is 0 Å². The van der Waals surface area contributed by atoms with Crippen LogP contribution < -0.4 is 16.0 Å². The average Bonchev–Trinajstić information content (AvgIpc) is 2.36. The summed E-state index contributed by atoms with van der Waals surface area (Å²) in [5, 5.41) is 8.93. The van der Waals surface area contributed by atoms with Crippen LogP contribution in [0.1, 0.15) is 46.0 Å². The van der Waals surface area contributed by atoms with Gasteiger partial charge in [0.15, 0.2) is 0 Å². The van der Waals surface area contributed by atoms with Crippen molar-refractivity contribution in [2.45, 2.75) is 58.0 Å². The molecule has 0 spiro atoms. The Morgan fingerprint density at radius 3 is 1.95 bits per heavy atom. The van der Waals surface area contributed by atoms with Crippen molar-refractivity contribution in [3.05, 3.63) is 0 Å². The lowest BCUT2D eigenvalue weighted by atomic mass is 10.0. The fourth-order valence-corrected chi connectivity index (χ4v) is 2.23. The predicted molar refractivity (Wildman–Crippen MR) is 83.2 cm³/mol. The van der Waals surface area contributed by atoms with Gasteiger partial charge in [-0.2, -0.15) is 0 Å². The smallest absolute Gasteiger partial charge is 0.221 e. The molecule has 0 heterocycles. The molecule has 2 atom stereocenters. The van der Waals surface area contributed by atoms with Crippen LogP contribution in [0.2, 0.25) is 0 Å². The monoisotopic (exact) mass is 299 g/mol. The summed E-state index contributed by atoms with van der Waals surface area (Å²) in [6.45, 7) is 3.90. The first-order valence-electron chi connectivity index (χ1n) is 7.49. The fourth-order valence-electron chi connectivity index (χ4n) is 2.23. The molecule has 3 N–H and O–H groups in total. The molecule has 0 aliphatic rings. The topological polar surface area (TPSA) is 87.3 Å². The maximum Gasteiger partial charge on any atom is 0.221 e. The normalized spacial score (nSPS) is 13.5. The van der Waals surface area contributed by atoms with E-state index in [1.165, 1.54) is 13.8 Å². The second-order valence-electron chi connectivity index (χ2n) is 5.51. The third-order valence-corrected chi connectivity index (χ3v) is 3.25. The Morgan fingerprint density at radius 2 is 1.48 bits per heavy atom. The molecule has 0 aromatic heterocycles. The van der Waals surface area contributed by atoms with E-state index in [-0.39, 0.29) is 36.0 Å². The first kappa shape index (κ1) is 19.7. The third-order valence-electron chi connectivity index (χ3n) is 3.25. The van der Waals surface area contributed by atoms with Crippen LogP contribution in [0.3, 0.4) is 0 Å². The lowest BCUT2D eigenvalue weighted by Crippen LogP contribution is -2.40. The Balaban J connectivity index is 4.35. The number of ketones is 2. The van der Waals surface area contributed by atoms with Gasteiger partial charge < -0.3 is 16.0 Å². The molecule has 1 amide bonds. The molecule has 0 rings (SSSR count). The van der Waals surface area contributed by atoms with Gasteiger partial charge in [-0.15, -0.1) is 0 Å². The standard InChI is InChI=1S/C15H29N3O3/c1-11(19)8-13(6-5-7-16-3)18-15(21)10-14(17-4)9-12(2)20/h13-14,16-17H,5-10H2,1-4H3,(H,18,21). The van der Waals surface area contributed by atoms with E-state index in [1.54, 1.807) is 7.05 Å². The van der Waals surface area contributed by atoms with Crippen LogP contribution in [0.15, 0.2) is 0 Å². The van der Waals surface area contributed by atoms with Gasteiger partial charge in [0.05, 0.1) is 0 Å². The van der Waals surface area contributed by atoms with Crippen LogP contribution >= 0.6 is 0 Å². The summed E-state index contributed by atoms with van der Waals surface area (Å²) in [4.78, 5) is 34.4. The van der Waals surface area contributed by atoms with E-state index in [0.29, 0.717) is 12.8 Å². The molecule has 6 heteroatoms. The quantitative estimate of drug-likeness (QED) is 0.454. The highest BCUT2D eigenvalue weighted by atomic mass is 16.2. The van der Waals surface area contributed by atoms with Crippen molar-refractivity contribution in [1.29, 1.82) is 0 Å².